The monoisotopic (exact) mass is 270 g/mol. The van der Waals surface area contributed by atoms with Crippen molar-refractivity contribution in [3.63, 3.8) is 0 Å². The molecule has 1 aromatic carbocycles. The smallest absolute Gasteiger partial charge is 0.150 e. The molecule has 106 valence electrons. The van der Waals surface area contributed by atoms with E-state index in [1.54, 1.807) is 6.20 Å². The minimum Gasteiger partial charge on any atom is -0.455 e. The lowest BCUT2D eigenvalue weighted by Gasteiger charge is -2.23. The van der Waals surface area contributed by atoms with Crippen LogP contribution in [0.2, 0.25) is 0 Å². The van der Waals surface area contributed by atoms with Crippen molar-refractivity contribution in [2.75, 3.05) is 0 Å². The van der Waals surface area contributed by atoms with Gasteiger partial charge in [-0.3, -0.25) is 4.98 Å². The second-order valence-electron chi connectivity index (χ2n) is 5.52. The Bertz CT molecular complexity index is 561. The van der Waals surface area contributed by atoms with Gasteiger partial charge in [0.1, 0.15) is 11.5 Å². The summed E-state index contributed by atoms with van der Waals surface area (Å²) in [6, 6.07) is 12.0. The van der Waals surface area contributed by atoms with Crippen molar-refractivity contribution >= 4 is 0 Å². The predicted molar refractivity (Wildman–Crippen MR) is 82.0 cm³/mol. The maximum absolute atomic E-state index is 5.86. The quantitative estimate of drug-likeness (QED) is 0.892. The summed E-state index contributed by atoms with van der Waals surface area (Å²) in [5, 5.41) is 0. The van der Waals surface area contributed by atoms with Crippen LogP contribution >= 0.6 is 0 Å². The molecule has 0 aliphatic heterocycles. The number of hydrogen-bond donors (Lipinski definition) is 1. The van der Waals surface area contributed by atoms with Gasteiger partial charge in [-0.1, -0.05) is 32.9 Å². The first kappa shape index (κ1) is 14.5. The first-order valence-electron chi connectivity index (χ1n) is 6.99. The van der Waals surface area contributed by atoms with Crippen LogP contribution in [0.5, 0.6) is 11.5 Å². The van der Waals surface area contributed by atoms with Crippen molar-refractivity contribution < 1.29 is 4.74 Å². The number of pyridine rings is 1. The second-order valence-corrected chi connectivity index (χ2v) is 5.52. The molecule has 0 spiro atoms. The van der Waals surface area contributed by atoms with Gasteiger partial charge in [-0.05, 0) is 41.7 Å². The molecule has 3 heteroatoms. The summed E-state index contributed by atoms with van der Waals surface area (Å²) in [6.45, 7) is 7.07. The fourth-order valence-corrected chi connectivity index (χ4v) is 1.97. The lowest BCUT2D eigenvalue weighted by Crippen LogP contribution is -2.14. The first-order chi connectivity index (χ1) is 9.56. The summed E-state index contributed by atoms with van der Waals surface area (Å²) in [6.07, 6.45) is 2.83. The number of rotatable bonds is 5. The van der Waals surface area contributed by atoms with Crippen LogP contribution in [0.4, 0.5) is 0 Å². The molecular formula is C17H22N2O. The Hall–Kier alpha value is -1.87. The van der Waals surface area contributed by atoms with E-state index in [0.717, 1.165) is 23.6 Å². The van der Waals surface area contributed by atoms with Gasteiger partial charge in [0.2, 0.25) is 0 Å². The average molecular weight is 270 g/mol. The minimum absolute atomic E-state index is 0.190. The molecule has 0 bridgehead atoms. The third-order valence-electron chi connectivity index (χ3n) is 3.79. The van der Waals surface area contributed by atoms with Crippen molar-refractivity contribution in [1.29, 1.82) is 0 Å². The molecule has 0 unspecified atom stereocenters. The average Bonchev–Trinajstić information content (AvgIpc) is 2.48. The topological polar surface area (TPSA) is 48.1 Å². The highest BCUT2D eigenvalue weighted by Crippen LogP contribution is 2.30. The SMILES string of the molecule is CCC(C)(C)c1ccc(Oc2cccnc2CN)cc1. The van der Waals surface area contributed by atoms with Crippen molar-refractivity contribution in [3.8, 4) is 11.5 Å². The minimum atomic E-state index is 0.190. The summed E-state index contributed by atoms with van der Waals surface area (Å²) in [5.41, 5.74) is 7.94. The third-order valence-corrected chi connectivity index (χ3v) is 3.79. The molecule has 1 aromatic heterocycles. The van der Waals surface area contributed by atoms with Gasteiger partial charge in [0.15, 0.2) is 0 Å². The number of nitrogens with zero attached hydrogens (tertiary/aromatic N) is 1. The first-order valence-corrected chi connectivity index (χ1v) is 6.99. The van der Waals surface area contributed by atoms with Crippen LogP contribution in [-0.2, 0) is 12.0 Å². The summed E-state index contributed by atoms with van der Waals surface area (Å²) in [7, 11) is 0. The number of hydrogen-bond acceptors (Lipinski definition) is 3. The summed E-state index contributed by atoms with van der Waals surface area (Å²) < 4.78 is 5.86. The van der Waals surface area contributed by atoms with Crippen LogP contribution in [0, 0.1) is 0 Å². The maximum Gasteiger partial charge on any atom is 0.150 e. The molecule has 0 aliphatic rings. The largest absolute Gasteiger partial charge is 0.455 e. The van der Waals surface area contributed by atoms with Crippen LogP contribution < -0.4 is 10.5 Å². The van der Waals surface area contributed by atoms with Crippen LogP contribution in [0.15, 0.2) is 42.6 Å². The van der Waals surface area contributed by atoms with Gasteiger partial charge in [-0.2, -0.15) is 0 Å². The molecule has 2 rings (SSSR count). The molecule has 0 amide bonds. The van der Waals surface area contributed by atoms with Gasteiger partial charge in [0, 0.05) is 12.7 Å². The third kappa shape index (κ3) is 3.17. The van der Waals surface area contributed by atoms with Gasteiger partial charge < -0.3 is 10.5 Å². The Balaban J connectivity index is 2.19. The fourth-order valence-electron chi connectivity index (χ4n) is 1.97. The number of ether oxygens (including phenoxy) is 1. The van der Waals surface area contributed by atoms with Gasteiger partial charge in [0.25, 0.3) is 0 Å². The van der Waals surface area contributed by atoms with E-state index < -0.39 is 0 Å². The summed E-state index contributed by atoms with van der Waals surface area (Å²) >= 11 is 0. The zero-order valence-corrected chi connectivity index (χ0v) is 12.4. The van der Waals surface area contributed by atoms with Crippen LogP contribution in [0.25, 0.3) is 0 Å². The standard InChI is InChI=1S/C17H22N2O/c1-4-17(2,3)13-7-9-14(10-8-13)20-16-6-5-11-19-15(16)12-18/h5-11H,4,12,18H2,1-3H3. The van der Waals surface area contributed by atoms with Crippen molar-refractivity contribution in [1.82, 2.24) is 4.98 Å². The van der Waals surface area contributed by atoms with Crippen LogP contribution in [-0.4, -0.2) is 4.98 Å². The Morgan fingerprint density at radius 1 is 1.15 bits per heavy atom. The van der Waals surface area contributed by atoms with Crippen molar-refractivity contribution in [2.24, 2.45) is 5.73 Å². The number of nitrogens with two attached hydrogens (primary N) is 1. The Morgan fingerprint density at radius 3 is 2.45 bits per heavy atom. The molecule has 2 aromatic rings. The molecule has 1 heterocycles. The Kier molecular flexibility index (Phi) is 4.40. The molecular weight excluding hydrogens is 248 g/mol. The van der Waals surface area contributed by atoms with Crippen molar-refractivity contribution in [3.05, 3.63) is 53.9 Å². The van der Waals surface area contributed by atoms with Gasteiger partial charge in [0.05, 0.1) is 5.69 Å². The van der Waals surface area contributed by atoms with E-state index in [0.29, 0.717) is 6.54 Å². The highest BCUT2D eigenvalue weighted by atomic mass is 16.5. The van der Waals surface area contributed by atoms with Gasteiger partial charge in [-0.25, -0.2) is 0 Å². The van der Waals surface area contributed by atoms with E-state index in [2.05, 4.69) is 37.9 Å². The van der Waals surface area contributed by atoms with E-state index in [4.69, 9.17) is 10.5 Å². The highest BCUT2D eigenvalue weighted by Gasteiger charge is 2.17. The second kappa shape index (κ2) is 6.06. The Labute approximate surface area is 120 Å². The van der Waals surface area contributed by atoms with Gasteiger partial charge >= 0.3 is 0 Å². The van der Waals surface area contributed by atoms with Gasteiger partial charge in [-0.15, -0.1) is 0 Å². The summed E-state index contributed by atoms with van der Waals surface area (Å²) in [5.74, 6) is 1.53. The molecule has 0 fully saturated rings. The molecule has 0 saturated heterocycles. The van der Waals surface area contributed by atoms with Crippen molar-refractivity contribution in [2.45, 2.75) is 39.2 Å². The molecule has 0 atom stereocenters. The van der Waals surface area contributed by atoms with Crippen LogP contribution in [0.1, 0.15) is 38.4 Å². The van der Waals surface area contributed by atoms with E-state index in [-0.39, 0.29) is 5.41 Å². The zero-order valence-electron chi connectivity index (χ0n) is 12.4. The number of benzene rings is 1. The predicted octanol–water partition coefficient (Wildman–Crippen LogP) is 4.02. The lowest BCUT2D eigenvalue weighted by molar-refractivity contribution is 0.469. The number of aromatic nitrogens is 1. The molecule has 0 saturated carbocycles. The highest BCUT2D eigenvalue weighted by molar-refractivity contribution is 5.36. The van der Waals surface area contributed by atoms with E-state index in [9.17, 15) is 0 Å². The molecule has 0 aliphatic carbocycles. The summed E-state index contributed by atoms with van der Waals surface area (Å²) in [4.78, 5) is 4.21. The maximum atomic E-state index is 5.86. The normalized spacial score (nSPS) is 11.4. The van der Waals surface area contributed by atoms with Crippen LogP contribution in [0.3, 0.4) is 0 Å². The zero-order chi connectivity index (χ0) is 14.6. The van der Waals surface area contributed by atoms with E-state index >= 15 is 0 Å². The molecule has 0 radical (unpaired) electrons. The molecule has 3 nitrogen and oxygen atoms in total. The lowest BCUT2D eigenvalue weighted by atomic mass is 9.82. The van der Waals surface area contributed by atoms with E-state index in [1.165, 1.54) is 5.56 Å². The molecule has 20 heavy (non-hydrogen) atoms. The fraction of sp³-hybridized carbons (Fsp3) is 0.353. The molecule has 2 N–H and O–H groups in total. The Morgan fingerprint density at radius 2 is 1.85 bits per heavy atom. The van der Waals surface area contributed by atoms with E-state index in [1.807, 2.05) is 24.3 Å².